The molecule has 0 unspecified atom stereocenters. The van der Waals surface area contributed by atoms with Crippen LogP contribution in [0.5, 0.6) is 0 Å². The van der Waals surface area contributed by atoms with E-state index in [1.165, 1.54) is 12.1 Å². The third kappa shape index (κ3) is 2.70. The zero-order valence-electron chi connectivity index (χ0n) is 12.2. The Kier molecular flexibility index (Phi) is 3.63. The van der Waals surface area contributed by atoms with Crippen molar-refractivity contribution in [3.8, 4) is 11.4 Å². The Balaban J connectivity index is 2.18. The summed E-state index contributed by atoms with van der Waals surface area (Å²) in [7, 11) is 0. The van der Waals surface area contributed by atoms with Gasteiger partial charge in [-0.1, -0.05) is 12.1 Å². The van der Waals surface area contributed by atoms with E-state index in [1.807, 2.05) is 22.8 Å². The van der Waals surface area contributed by atoms with Crippen molar-refractivity contribution >= 4 is 22.5 Å². The summed E-state index contributed by atoms with van der Waals surface area (Å²) in [5.41, 5.74) is 8.69. The molecule has 0 aliphatic heterocycles. The van der Waals surface area contributed by atoms with E-state index >= 15 is 0 Å². The average Bonchev–Trinajstić information content (AvgIpc) is 2.82. The Labute approximate surface area is 127 Å². The highest BCUT2D eigenvalue weighted by Gasteiger charge is 2.14. The van der Waals surface area contributed by atoms with Crippen molar-refractivity contribution < 1.29 is 9.18 Å². The maximum atomic E-state index is 13.4. The number of anilines is 1. The predicted octanol–water partition coefficient (Wildman–Crippen LogP) is 3.40. The first-order valence-electron chi connectivity index (χ1n) is 7.06. The first-order chi connectivity index (χ1) is 10.5. The van der Waals surface area contributed by atoms with E-state index in [0.717, 1.165) is 11.1 Å². The normalized spacial score (nSPS) is 11.0. The fourth-order valence-electron chi connectivity index (χ4n) is 2.50. The van der Waals surface area contributed by atoms with E-state index in [1.54, 1.807) is 19.1 Å². The number of nitrogens with two attached hydrogens (primary N) is 1. The van der Waals surface area contributed by atoms with Crippen molar-refractivity contribution in [2.24, 2.45) is 0 Å². The van der Waals surface area contributed by atoms with Gasteiger partial charge in [0.1, 0.15) is 17.4 Å². The number of fused-ring (bicyclic) bond motifs is 1. The lowest BCUT2D eigenvalue weighted by molar-refractivity contribution is -0.117. The van der Waals surface area contributed by atoms with Crippen LogP contribution in [-0.2, 0) is 11.3 Å². The summed E-state index contributed by atoms with van der Waals surface area (Å²) < 4.78 is 15.4. The minimum atomic E-state index is -0.331. The van der Waals surface area contributed by atoms with Crippen molar-refractivity contribution in [2.45, 2.75) is 19.9 Å². The van der Waals surface area contributed by atoms with Gasteiger partial charge in [0.05, 0.1) is 11.0 Å². The summed E-state index contributed by atoms with van der Waals surface area (Å²) >= 11 is 0. The molecule has 0 saturated carbocycles. The van der Waals surface area contributed by atoms with Crippen molar-refractivity contribution in [3.05, 3.63) is 48.3 Å². The summed E-state index contributed by atoms with van der Waals surface area (Å²) in [5, 5.41) is 0. The number of hydrogen-bond donors (Lipinski definition) is 1. The molecule has 0 bridgehead atoms. The lowest BCUT2D eigenvalue weighted by Crippen LogP contribution is -2.04. The Morgan fingerprint density at radius 1 is 1.27 bits per heavy atom. The highest BCUT2D eigenvalue weighted by Crippen LogP contribution is 2.27. The van der Waals surface area contributed by atoms with Crippen molar-refractivity contribution in [1.82, 2.24) is 9.55 Å². The molecule has 0 radical (unpaired) electrons. The monoisotopic (exact) mass is 297 g/mol. The van der Waals surface area contributed by atoms with Crippen molar-refractivity contribution in [2.75, 3.05) is 5.73 Å². The van der Waals surface area contributed by atoms with Crippen molar-refractivity contribution in [3.63, 3.8) is 0 Å². The van der Waals surface area contributed by atoms with Gasteiger partial charge in [-0.25, -0.2) is 9.37 Å². The SMILES string of the molecule is CC(=O)CCn1c(-c2cccc(N)c2)nc2cc(F)ccc21. The van der Waals surface area contributed by atoms with Gasteiger partial charge in [0.2, 0.25) is 0 Å². The fraction of sp³-hybridized carbons (Fsp3) is 0.176. The van der Waals surface area contributed by atoms with Gasteiger partial charge in [-0.3, -0.25) is 4.79 Å². The minimum absolute atomic E-state index is 0.0995. The van der Waals surface area contributed by atoms with Gasteiger partial charge < -0.3 is 10.3 Å². The van der Waals surface area contributed by atoms with Crippen LogP contribution in [0.15, 0.2) is 42.5 Å². The van der Waals surface area contributed by atoms with Crippen LogP contribution in [-0.4, -0.2) is 15.3 Å². The Morgan fingerprint density at radius 3 is 2.82 bits per heavy atom. The molecule has 5 heteroatoms. The molecule has 1 aromatic heterocycles. The summed E-state index contributed by atoms with van der Waals surface area (Å²) in [6.07, 6.45) is 0.401. The molecule has 0 spiro atoms. The first-order valence-corrected chi connectivity index (χ1v) is 7.06. The van der Waals surface area contributed by atoms with E-state index in [-0.39, 0.29) is 11.6 Å². The maximum Gasteiger partial charge on any atom is 0.141 e. The van der Waals surface area contributed by atoms with Gasteiger partial charge in [0.25, 0.3) is 0 Å². The van der Waals surface area contributed by atoms with Crippen LogP contribution in [0.1, 0.15) is 13.3 Å². The molecule has 1 heterocycles. The molecule has 3 rings (SSSR count). The Morgan fingerprint density at radius 2 is 2.09 bits per heavy atom. The van der Waals surface area contributed by atoms with E-state index < -0.39 is 0 Å². The standard InChI is InChI=1S/C17H16FN3O/c1-11(22)7-8-21-16-6-5-13(18)10-15(16)20-17(21)12-3-2-4-14(19)9-12/h2-6,9-10H,7-8,19H2,1H3. The molecule has 0 atom stereocenters. The quantitative estimate of drug-likeness (QED) is 0.751. The van der Waals surface area contributed by atoms with Crippen LogP contribution >= 0.6 is 0 Å². The molecule has 2 N–H and O–H groups in total. The van der Waals surface area contributed by atoms with Crippen LogP contribution in [0, 0.1) is 5.82 Å². The Hall–Kier alpha value is -2.69. The van der Waals surface area contributed by atoms with Gasteiger partial charge in [-0.05, 0) is 31.2 Å². The second-order valence-corrected chi connectivity index (χ2v) is 5.30. The van der Waals surface area contributed by atoms with E-state index in [9.17, 15) is 9.18 Å². The molecular formula is C17H16FN3O. The number of halogens is 1. The molecule has 0 aliphatic rings. The molecule has 0 fully saturated rings. The molecule has 0 amide bonds. The highest BCUT2D eigenvalue weighted by atomic mass is 19.1. The topological polar surface area (TPSA) is 60.9 Å². The van der Waals surface area contributed by atoms with Gasteiger partial charge in [-0.2, -0.15) is 0 Å². The summed E-state index contributed by atoms with van der Waals surface area (Å²) in [4.78, 5) is 15.8. The van der Waals surface area contributed by atoms with E-state index in [0.29, 0.717) is 30.0 Å². The number of benzene rings is 2. The molecule has 0 saturated heterocycles. The van der Waals surface area contributed by atoms with E-state index in [4.69, 9.17) is 5.73 Å². The fourth-order valence-corrected chi connectivity index (χ4v) is 2.50. The number of Topliss-reactive ketones (excluding diaryl/α,β-unsaturated/α-hetero) is 1. The summed E-state index contributed by atoms with van der Waals surface area (Å²) in [6.45, 7) is 2.06. The average molecular weight is 297 g/mol. The summed E-state index contributed by atoms with van der Waals surface area (Å²) in [6, 6.07) is 11.9. The zero-order chi connectivity index (χ0) is 15.7. The number of nitrogen functional groups attached to an aromatic ring is 1. The third-order valence-corrected chi connectivity index (χ3v) is 3.54. The molecule has 2 aromatic carbocycles. The number of ketones is 1. The molecule has 112 valence electrons. The van der Waals surface area contributed by atoms with Crippen LogP contribution in [0.4, 0.5) is 10.1 Å². The molecule has 0 aliphatic carbocycles. The molecule has 22 heavy (non-hydrogen) atoms. The largest absolute Gasteiger partial charge is 0.399 e. The van der Waals surface area contributed by atoms with Crippen LogP contribution in [0.2, 0.25) is 0 Å². The predicted molar refractivity (Wildman–Crippen MR) is 84.8 cm³/mol. The smallest absolute Gasteiger partial charge is 0.141 e. The Bertz CT molecular complexity index is 854. The lowest BCUT2D eigenvalue weighted by Gasteiger charge is -2.08. The summed E-state index contributed by atoms with van der Waals surface area (Å²) in [5.74, 6) is 0.458. The molecular weight excluding hydrogens is 281 g/mol. The highest BCUT2D eigenvalue weighted by molar-refractivity contribution is 5.82. The second-order valence-electron chi connectivity index (χ2n) is 5.30. The van der Waals surface area contributed by atoms with Gasteiger partial charge in [0, 0.05) is 30.3 Å². The number of hydrogen-bond acceptors (Lipinski definition) is 3. The lowest BCUT2D eigenvalue weighted by atomic mass is 10.2. The number of imidazole rings is 1. The van der Waals surface area contributed by atoms with Gasteiger partial charge >= 0.3 is 0 Å². The molecule has 3 aromatic rings. The van der Waals surface area contributed by atoms with Crippen LogP contribution in [0.25, 0.3) is 22.4 Å². The number of nitrogens with zero attached hydrogens (tertiary/aromatic N) is 2. The first kappa shape index (κ1) is 14.3. The van der Waals surface area contributed by atoms with Crippen LogP contribution in [0.3, 0.4) is 0 Å². The second kappa shape index (κ2) is 5.60. The number of rotatable bonds is 4. The number of carbonyl (C=O) groups is 1. The van der Waals surface area contributed by atoms with Crippen molar-refractivity contribution in [1.29, 1.82) is 0 Å². The third-order valence-electron chi connectivity index (χ3n) is 3.54. The number of aromatic nitrogens is 2. The maximum absolute atomic E-state index is 13.4. The molecule has 4 nitrogen and oxygen atoms in total. The number of aryl methyl sites for hydroxylation is 1. The van der Waals surface area contributed by atoms with E-state index in [2.05, 4.69) is 4.98 Å². The van der Waals surface area contributed by atoms with Gasteiger partial charge in [0.15, 0.2) is 0 Å². The zero-order valence-corrected chi connectivity index (χ0v) is 12.2. The van der Waals surface area contributed by atoms with Gasteiger partial charge in [-0.15, -0.1) is 0 Å². The van der Waals surface area contributed by atoms with Crippen LogP contribution < -0.4 is 5.73 Å². The number of carbonyl (C=O) groups excluding carboxylic acids is 1. The minimum Gasteiger partial charge on any atom is -0.399 e.